The highest BCUT2D eigenvalue weighted by atomic mass is 15.0. The molecular weight excluding hydrogens is 112 g/mol. The van der Waals surface area contributed by atoms with Crippen molar-refractivity contribution < 1.29 is 0 Å². The minimum Gasteiger partial charge on any atom is -0.316 e. The van der Waals surface area contributed by atoms with E-state index in [2.05, 4.69) is 19.2 Å². The Balaban J connectivity index is 2.41. The summed E-state index contributed by atoms with van der Waals surface area (Å²) in [5.74, 6) is 0. The molecule has 1 rings (SSSR count). The van der Waals surface area contributed by atoms with Crippen LogP contribution < -0.4 is 11.1 Å². The zero-order chi connectivity index (χ0) is 6.91. The Morgan fingerprint density at radius 3 is 2.56 bits per heavy atom. The van der Waals surface area contributed by atoms with Crippen molar-refractivity contribution >= 4 is 0 Å². The smallest absolute Gasteiger partial charge is 0.0551 e. The van der Waals surface area contributed by atoms with Gasteiger partial charge in [0.05, 0.1) is 6.17 Å². The molecule has 1 aliphatic rings. The summed E-state index contributed by atoms with van der Waals surface area (Å²) in [4.78, 5) is 0. The average Bonchev–Trinajstić information content (AvgIpc) is 1.60. The Bertz CT molecular complexity index is 99.1. The summed E-state index contributed by atoms with van der Waals surface area (Å²) in [5, 5.41) is 3.22. The van der Waals surface area contributed by atoms with Crippen LogP contribution in [0.2, 0.25) is 0 Å². The van der Waals surface area contributed by atoms with Crippen LogP contribution in [0.5, 0.6) is 0 Å². The van der Waals surface area contributed by atoms with Crippen LogP contribution >= 0.6 is 0 Å². The summed E-state index contributed by atoms with van der Waals surface area (Å²) < 4.78 is 0. The zero-order valence-corrected chi connectivity index (χ0v) is 6.28. The maximum absolute atomic E-state index is 5.70. The first-order chi connectivity index (χ1) is 4.10. The number of hydrogen-bond donors (Lipinski definition) is 2. The van der Waals surface area contributed by atoms with E-state index in [9.17, 15) is 0 Å². The molecule has 2 nitrogen and oxygen atoms in total. The predicted molar refractivity (Wildman–Crippen MR) is 39.0 cm³/mol. The summed E-state index contributed by atoms with van der Waals surface area (Å²) in [7, 11) is 0. The number of rotatable bonds is 0. The highest BCUT2D eigenvalue weighted by Gasteiger charge is 2.24. The van der Waals surface area contributed by atoms with E-state index in [4.69, 9.17) is 5.73 Å². The molecule has 1 unspecified atom stereocenters. The van der Waals surface area contributed by atoms with E-state index in [1.54, 1.807) is 0 Å². The minimum absolute atomic E-state index is 0.230. The molecule has 0 bridgehead atoms. The lowest BCUT2D eigenvalue weighted by atomic mass is 9.82. The average molecular weight is 128 g/mol. The first kappa shape index (κ1) is 7.03. The van der Waals surface area contributed by atoms with E-state index < -0.39 is 0 Å². The molecule has 9 heavy (non-hydrogen) atoms. The predicted octanol–water partition coefficient (Wildman–Crippen LogP) is 0.681. The van der Waals surface area contributed by atoms with E-state index in [1.807, 2.05) is 0 Å². The van der Waals surface area contributed by atoms with Crippen LogP contribution in [0, 0.1) is 5.41 Å². The van der Waals surface area contributed by atoms with Crippen molar-refractivity contribution in [3.8, 4) is 0 Å². The lowest BCUT2D eigenvalue weighted by Gasteiger charge is -2.33. The number of hydrogen-bond acceptors (Lipinski definition) is 2. The van der Waals surface area contributed by atoms with Crippen molar-refractivity contribution in [2.24, 2.45) is 11.1 Å². The van der Waals surface area contributed by atoms with Gasteiger partial charge in [-0.2, -0.15) is 0 Å². The second kappa shape index (κ2) is 2.27. The molecule has 1 atom stereocenters. The van der Waals surface area contributed by atoms with Gasteiger partial charge in [0.15, 0.2) is 0 Å². The van der Waals surface area contributed by atoms with E-state index in [0.717, 1.165) is 13.0 Å². The third-order valence-corrected chi connectivity index (χ3v) is 1.98. The SMILES string of the molecule is CC1(C)CCNC(N)C1. The van der Waals surface area contributed by atoms with Crippen LogP contribution in [0.4, 0.5) is 0 Å². The van der Waals surface area contributed by atoms with E-state index >= 15 is 0 Å². The monoisotopic (exact) mass is 128 g/mol. The second-order valence-electron chi connectivity index (χ2n) is 3.68. The molecule has 0 saturated carbocycles. The molecule has 0 amide bonds. The first-order valence-corrected chi connectivity index (χ1v) is 3.59. The van der Waals surface area contributed by atoms with Gasteiger partial charge >= 0.3 is 0 Å². The molecule has 0 aromatic rings. The molecule has 0 aliphatic carbocycles. The van der Waals surface area contributed by atoms with Crippen LogP contribution in [-0.4, -0.2) is 12.7 Å². The van der Waals surface area contributed by atoms with Gasteiger partial charge in [0, 0.05) is 0 Å². The maximum Gasteiger partial charge on any atom is 0.0551 e. The van der Waals surface area contributed by atoms with Gasteiger partial charge in [0.2, 0.25) is 0 Å². The maximum atomic E-state index is 5.70. The normalized spacial score (nSPS) is 34.3. The fourth-order valence-electron chi connectivity index (χ4n) is 1.37. The Labute approximate surface area is 56.8 Å². The molecule has 2 heteroatoms. The fraction of sp³-hybridized carbons (Fsp3) is 1.00. The topological polar surface area (TPSA) is 38.0 Å². The first-order valence-electron chi connectivity index (χ1n) is 3.59. The molecule has 1 heterocycles. The molecule has 1 aliphatic heterocycles. The van der Waals surface area contributed by atoms with Gasteiger partial charge in [-0.3, -0.25) is 0 Å². The summed E-state index contributed by atoms with van der Waals surface area (Å²) in [6, 6.07) is 0. The molecular formula is C7H16N2. The Morgan fingerprint density at radius 1 is 1.56 bits per heavy atom. The minimum atomic E-state index is 0.230. The van der Waals surface area contributed by atoms with Crippen molar-refractivity contribution in [1.82, 2.24) is 5.32 Å². The fourth-order valence-corrected chi connectivity index (χ4v) is 1.37. The zero-order valence-electron chi connectivity index (χ0n) is 6.28. The molecule has 0 aromatic carbocycles. The largest absolute Gasteiger partial charge is 0.316 e. The summed E-state index contributed by atoms with van der Waals surface area (Å²) in [6.45, 7) is 5.62. The van der Waals surface area contributed by atoms with Crippen LogP contribution in [0.1, 0.15) is 26.7 Å². The molecule has 0 spiro atoms. The number of nitrogens with two attached hydrogens (primary N) is 1. The Hall–Kier alpha value is -0.0800. The molecule has 1 fully saturated rings. The van der Waals surface area contributed by atoms with Crippen LogP contribution in [0.3, 0.4) is 0 Å². The van der Waals surface area contributed by atoms with Crippen LogP contribution in [0.25, 0.3) is 0 Å². The van der Waals surface area contributed by atoms with E-state index in [1.165, 1.54) is 6.42 Å². The number of nitrogens with one attached hydrogen (secondary N) is 1. The summed E-state index contributed by atoms with van der Waals surface area (Å²) >= 11 is 0. The summed E-state index contributed by atoms with van der Waals surface area (Å²) in [6.07, 6.45) is 2.59. The van der Waals surface area contributed by atoms with Crippen molar-refractivity contribution in [2.45, 2.75) is 32.9 Å². The molecule has 3 N–H and O–H groups in total. The van der Waals surface area contributed by atoms with Gasteiger partial charge in [-0.25, -0.2) is 0 Å². The molecule has 0 radical (unpaired) electrons. The third kappa shape index (κ3) is 1.95. The molecule has 1 saturated heterocycles. The molecule has 54 valence electrons. The highest BCUT2D eigenvalue weighted by Crippen LogP contribution is 2.27. The van der Waals surface area contributed by atoms with Crippen LogP contribution in [0.15, 0.2) is 0 Å². The van der Waals surface area contributed by atoms with Gasteiger partial charge in [-0.05, 0) is 24.8 Å². The van der Waals surface area contributed by atoms with Gasteiger partial charge in [0.25, 0.3) is 0 Å². The van der Waals surface area contributed by atoms with E-state index in [0.29, 0.717) is 5.41 Å². The lowest BCUT2D eigenvalue weighted by Crippen LogP contribution is -2.46. The van der Waals surface area contributed by atoms with Gasteiger partial charge in [0.1, 0.15) is 0 Å². The third-order valence-electron chi connectivity index (χ3n) is 1.98. The van der Waals surface area contributed by atoms with Crippen LogP contribution in [-0.2, 0) is 0 Å². The summed E-state index contributed by atoms with van der Waals surface area (Å²) in [5.41, 5.74) is 6.16. The lowest BCUT2D eigenvalue weighted by molar-refractivity contribution is 0.212. The van der Waals surface area contributed by atoms with E-state index in [-0.39, 0.29) is 6.17 Å². The standard InChI is InChI=1S/C7H16N2/c1-7(2)3-4-9-6(8)5-7/h6,9H,3-5,8H2,1-2H3. The Morgan fingerprint density at radius 2 is 2.22 bits per heavy atom. The van der Waals surface area contributed by atoms with Crippen molar-refractivity contribution in [2.75, 3.05) is 6.54 Å². The van der Waals surface area contributed by atoms with Crippen molar-refractivity contribution in [1.29, 1.82) is 0 Å². The van der Waals surface area contributed by atoms with Gasteiger partial charge in [-0.1, -0.05) is 13.8 Å². The van der Waals surface area contributed by atoms with Crippen molar-refractivity contribution in [3.05, 3.63) is 0 Å². The quantitative estimate of drug-likeness (QED) is 0.503. The van der Waals surface area contributed by atoms with Crippen molar-refractivity contribution in [3.63, 3.8) is 0 Å². The Kier molecular flexibility index (Phi) is 1.78. The number of piperidine rings is 1. The second-order valence-corrected chi connectivity index (χ2v) is 3.68. The van der Waals surface area contributed by atoms with Gasteiger partial charge in [-0.15, -0.1) is 0 Å². The molecule has 0 aromatic heterocycles. The highest BCUT2D eigenvalue weighted by molar-refractivity contribution is 4.80. The van der Waals surface area contributed by atoms with Gasteiger partial charge < -0.3 is 11.1 Å².